The molecule has 0 atom stereocenters. The number of anilines is 1. The van der Waals surface area contributed by atoms with E-state index in [0.717, 1.165) is 17.4 Å². The fourth-order valence-corrected chi connectivity index (χ4v) is 1.45. The highest BCUT2D eigenvalue weighted by atomic mass is 16.1. The number of hydrogen-bond acceptors (Lipinski definition) is 3. The summed E-state index contributed by atoms with van der Waals surface area (Å²) in [6.07, 6.45) is 2.39. The van der Waals surface area contributed by atoms with Crippen molar-refractivity contribution in [1.82, 2.24) is 4.98 Å². The highest BCUT2D eigenvalue weighted by Gasteiger charge is 1.98. The lowest BCUT2D eigenvalue weighted by Gasteiger charge is -2.03. The number of pyridine rings is 1. The molecule has 15 heavy (non-hydrogen) atoms. The predicted molar refractivity (Wildman–Crippen MR) is 59.1 cm³/mol. The summed E-state index contributed by atoms with van der Waals surface area (Å²) in [5, 5.41) is 4.40. The van der Waals surface area contributed by atoms with Crippen LogP contribution in [0.25, 0.3) is 10.8 Å². The van der Waals surface area contributed by atoms with E-state index in [1.807, 2.05) is 18.2 Å². The molecule has 0 radical (unpaired) electrons. The van der Waals surface area contributed by atoms with Gasteiger partial charge in [0.1, 0.15) is 6.29 Å². The molecule has 0 amide bonds. The molecule has 0 unspecified atom stereocenters. The molecule has 0 aliphatic heterocycles. The number of hydrogen-bond donors (Lipinski definition) is 2. The molecule has 1 heterocycles. The van der Waals surface area contributed by atoms with Gasteiger partial charge in [0.05, 0.1) is 6.54 Å². The van der Waals surface area contributed by atoms with E-state index < -0.39 is 0 Å². The number of benzene rings is 1. The molecule has 0 fully saturated rings. The molecule has 76 valence electrons. The second-order valence-electron chi connectivity index (χ2n) is 3.16. The quantitative estimate of drug-likeness (QED) is 0.733. The summed E-state index contributed by atoms with van der Waals surface area (Å²) in [5.74, 6) is 0. The van der Waals surface area contributed by atoms with Gasteiger partial charge in [0.2, 0.25) is 0 Å². The molecule has 0 aliphatic carbocycles. The number of carbonyl (C=O) groups excluding carboxylic acids is 1. The van der Waals surface area contributed by atoms with Crippen molar-refractivity contribution >= 4 is 22.7 Å². The van der Waals surface area contributed by atoms with E-state index in [1.54, 1.807) is 12.3 Å². The van der Waals surface area contributed by atoms with Gasteiger partial charge in [-0.2, -0.15) is 0 Å². The Kier molecular flexibility index (Phi) is 2.49. The van der Waals surface area contributed by atoms with Crippen molar-refractivity contribution < 1.29 is 4.79 Å². The molecular weight excluding hydrogens is 192 g/mol. The topological polar surface area (TPSA) is 62.0 Å². The van der Waals surface area contributed by atoms with E-state index in [4.69, 9.17) is 0 Å². The number of fused-ring (bicyclic) bond motifs is 1. The van der Waals surface area contributed by atoms with Gasteiger partial charge in [-0.3, -0.25) is 4.79 Å². The summed E-state index contributed by atoms with van der Waals surface area (Å²) in [6.45, 7) is 0.246. The average Bonchev–Trinajstić information content (AvgIpc) is 2.27. The maximum Gasteiger partial charge on any atom is 0.255 e. The predicted octanol–water partition coefficient (Wildman–Crippen LogP) is 1.14. The van der Waals surface area contributed by atoms with Crippen LogP contribution in [0.15, 0.2) is 35.3 Å². The fourth-order valence-electron chi connectivity index (χ4n) is 1.45. The Morgan fingerprint density at radius 3 is 3.00 bits per heavy atom. The van der Waals surface area contributed by atoms with Crippen LogP contribution in [0, 0.1) is 0 Å². The van der Waals surface area contributed by atoms with Crippen molar-refractivity contribution in [2.45, 2.75) is 0 Å². The maximum absolute atomic E-state index is 11.5. The summed E-state index contributed by atoms with van der Waals surface area (Å²) in [5.41, 5.74) is 0.647. The molecule has 0 saturated carbocycles. The standard InChI is InChI=1S/C11H10N2O2/c14-6-5-12-9-2-1-8-3-4-13-11(15)10(8)7-9/h1-4,6-7,12H,5H2,(H,13,15). The molecule has 0 bridgehead atoms. The van der Waals surface area contributed by atoms with Crippen LogP contribution in [-0.2, 0) is 4.79 Å². The van der Waals surface area contributed by atoms with Crippen molar-refractivity contribution in [2.24, 2.45) is 0 Å². The molecule has 0 saturated heterocycles. The Hall–Kier alpha value is -2.10. The van der Waals surface area contributed by atoms with E-state index >= 15 is 0 Å². The number of aromatic nitrogens is 1. The number of aldehydes is 1. The first-order valence-electron chi connectivity index (χ1n) is 4.60. The normalized spacial score (nSPS) is 10.1. The minimum Gasteiger partial charge on any atom is -0.378 e. The fraction of sp³-hybridized carbons (Fsp3) is 0.0909. The molecule has 4 nitrogen and oxygen atoms in total. The van der Waals surface area contributed by atoms with E-state index in [1.165, 1.54) is 0 Å². The summed E-state index contributed by atoms with van der Waals surface area (Å²) in [4.78, 5) is 24.2. The summed E-state index contributed by atoms with van der Waals surface area (Å²) < 4.78 is 0. The van der Waals surface area contributed by atoms with Gasteiger partial charge >= 0.3 is 0 Å². The van der Waals surface area contributed by atoms with Gasteiger partial charge < -0.3 is 15.1 Å². The first kappa shape index (κ1) is 9.45. The van der Waals surface area contributed by atoms with Gasteiger partial charge in [-0.1, -0.05) is 6.07 Å². The van der Waals surface area contributed by atoms with Crippen LogP contribution < -0.4 is 10.9 Å². The van der Waals surface area contributed by atoms with Crippen LogP contribution in [0.5, 0.6) is 0 Å². The van der Waals surface area contributed by atoms with E-state index in [9.17, 15) is 9.59 Å². The van der Waals surface area contributed by atoms with Crippen molar-refractivity contribution in [3.8, 4) is 0 Å². The maximum atomic E-state index is 11.5. The summed E-state index contributed by atoms with van der Waals surface area (Å²) in [7, 11) is 0. The molecular formula is C11H10N2O2. The first-order valence-corrected chi connectivity index (χ1v) is 4.60. The highest BCUT2D eigenvalue weighted by molar-refractivity contribution is 5.84. The third-order valence-electron chi connectivity index (χ3n) is 2.16. The summed E-state index contributed by atoms with van der Waals surface area (Å²) in [6, 6.07) is 7.25. The molecule has 1 aromatic heterocycles. The van der Waals surface area contributed by atoms with Crippen LogP contribution in [-0.4, -0.2) is 17.8 Å². The van der Waals surface area contributed by atoms with Crippen LogP contribution in [0.1, 0.15) is 0 Å². The van der Waals surface area contributed by atoms with E-state index in [-0.39, 0.29) is 12.1 Å². The van der Waals surface area contributed by atoms with Crippen LogP contribution >= 0.6 is 0 Å². The van der Waals surface area contributed by atoms with Crippen LogP contribution in [0.2, 0.25) is 0 Å². The number of nitrogens with one attached hydrogen (secondary N) is 2. The minimum atomic E-state index is -0.123. The lowest BCUT2D eigenvalue weighted by molar-refractivity contribution is -0.106. The largest absolute Gasteiger partial charge is 0.378 e. The molecule has 1 aromatic carbocycles. The number of carbonyl (C=O) groups is 1. The SMILES string of the molecule is O=CCNc1ccc2cc[nH]c(=O)c2c1. The Morgan fingerprint density at radius 2 is 2.20 bits per heavy atom. The smallest absolute Gasteiger partial charge is 0.255 e. The third kappa shape index (κ3) is 1.88. The molecule has 0 aliphatic rings. The second kappa shape index (κ2) is 3.96. The minimum absolute atomic E-state index is 0.123. The Balaban J connectivity index is 2.50. The first-order chi connectivity index (χ1) is 7.31. The van der Waals surface area contributed by atoms with Gasteiger partial charge in [0.15, 0.2) is 0 Å². The van der Waals surface area contributed by atoms with Gasteiger partial charge in [0.25, 0.3) is 5.56 Å². The molecule has 0 spiro atoms. The van der Waals surface area contributed by atoms with E-state index in [0.29, 0.717) is 5.39 Å². The lowest BCUT2D eigenvalue weighted by Crippen LogP contribution is -2.06. The molecule has 2 aromatic rings. The average molecular weight is 202 g/mol. The van der Waals surface area contributed by atoms with Crippen LogP contribution in [0.4, 0.5) is 5.69 Å². The molecule has 2 N–H and O–H groups in total. The second-order valence-corrected chi connectivity index (χ2v) is 3.16. The zero-order valence-corrected chi connectivity index (χ0v) is 7.99. The number of rotatable bonds is 3. The van der Waals surface area contributed by atoms with Crippen molar-refractivity contribution in [3.05, 3.63) is 40.8 Å². The molecule has 4 heteroatoms. The zero-order chi connectivity index (χ0) is 10.7. The monoisotopic (exact) mass is 202 g/mol. The number of aromatic amines is 1. The van der Waals surface area contributed by atoms with Crippen molar-refractivity contribution in [1.29, 1.82) is 0 Å². The Morgan fingerprint density at radius 1 is 1.33 bits per heavy atom. The summed E-state index contributed by atoms with van der Waals surface area (Å²) >= 11 is 0. The van der Waals surface area contributed by atoms with Gasteiger partial charge in [-0.15, -0.1) is 0 Å². The Bertz CT molecular complexity index is 546. The van der Waals surface area contributed by atoms with Gasteiger partial charge in [-0.25, -0.2) is 0 Å². The van der Waals surface area contributed by atoms with E-state index in [2.05, 4.69) is 10.3 Å². The number of H-pyrrole nitrogens is 1. The third-order valence-corrected chi connectivity index (χ3v) is 2.16. The lowest BCUT2D eigenvalue weighted by atomic mass is 10.1. The van der Waals surface area contributed by atoms with Crippen LogP contribution in [0.3, 0.4) is 0 Å². The van der Waals surface area contributed by atoms with Gasteiger partial charge in [0, 0.05) is 17.3 Å². The Labute approximate surface area is 85.9 Å². The highest BCUT2D eigenvalue weighted by Crippen LogP contribution is 2.14. The zero-order valence-electron chi connectivity index (χ0n) is 7.99. The van der Waals surface area contributed by atoms with Crippen molar-refractivity contribution in [2.75, 3.05) is 11.9 Å². The molecule has 2 rings (SSSR count). The van der Waals surface area contributed by atoms with Gasteiger partial charge in [-0.05, 0) is 23.6 Å². The van der Waals surface area contributed by atoms with Crippen molar-refractivity contribution in [3.63, 3.8) is 0 Å².